The van der Waals surface area contributed by atoms with Crippen molar-refractivity contribution in [3.8, 4) is 0 Å². The number of ether oxygens (including phenoxy) is 1. The number of rotatable bonds is 4. The van der Waals surface area contributed by atoms with Crippen molar-refractivity contribution >= 4 is 17.8 Å². The molecule has 4 heteroatoms. The smallest absolute Gasteiger partial charge is 0.450 e. The molecule has 1 unspecified atom stereocenters. The Hall–Kier alpha value is -0.440. The second-order valence-electron chi connectivity index (χ2n) is 2.64. The van der Waals surface area contributed by atoms with Gasteiger partial charge < -0.3 is 9.84 Å². The molecule has 1 atom stereocenters. The molecule has 0 bridgehead atoms. The van der Waals surface area contributed by atoms with Crippen molar-refractivity contribution in [2.75, 3.05) is 5.88 Å². The molecule has 1 N–H and O–H groups in total. The summed E-state index contributed by atoms with van der Waals surface area (Å²) in [6.45, 7) is 3.81. The van der Waals surface area contributed by atoms with Gasteiger partial charge in [-0.3, -0.25) is 0 Å². The van der Waals surface area contributed by atoms with Gasteiger partial charge in [0.1, 0.15) is 6.10 Å². The first-order valence-electron chi connectivity index (χ1n) is 3.53. The van der Waals surface area contributed by atoms with Gasteiger partial charge in [0, 0.05) is 5.88 Å². The van der Waals surface area contributed by atoms with E-state index in [1.165, 1.54) is 0 Å². The summed E-state index contributed by atoms with van der Waals surface area (Å²) in [6, 6.07) is 0. The second kappa shape index (κ2) is 5.24. The van der Waals surface area contributed by atoms with Crippen LogP contribution in [0.25, 0.3) is 0 Å². The van der Waals surface area contributed by atoms with Gasteiger partial charge in [-0.25, -0.2) is 4.79 Å². The molecule has 0 aromatic carbocycles. The molecule has 0 aromatic heterocycles. The third-order valence-corrected chi connectivity index (χ3v) is 1.61. The molecule has 66 valence electrons. The molecule has 0 saturated carbocycles. The Kier molecular flexibility index (Phi) is 5.03. The molecule has 0 rings (SSSR count). The first kappa shape index (κ1) is 10.6. The van der Waals surface area contributed by atoms with E-state index in [4.69, 9.17) is 16.7 Å². The van der Waals surface area contributed by atoms with E-state index in [1.54, 1.807) is 0 Å². The van der Waals surface area contributed by atoms with Crippen LogP contribution in [0.3, 0.4) is 0 Å². The summed E-state index contributed by atoms with van der Waals surface area (Å²) in [5.41, 5.74) is 0. The highest BCUT2D eigenvalue weighted by atomic mass is 35.5. The van der Waals surface area contributed by atoms with E-state index in [0.29, 0.717) is 12.3 Å². The number of hydrogen-bond acceptors (Lipinski definition) is 2. The summed E-state index contributed by atoms with van der Waals surface area (Å²) in [4.78, 5) is 10.1. The van der Waals surface area contributed by atoms with Crippen LogP contribution in [0, 0.1) is 5.92 Å². The second-order valence-corrected chi connectivity index (χ2v) is 3.02. The van der Waals surface area contributed by atoms with E-state index < -0.39 is 6.16 Å². The van der Waals surface area contributed by atoms with Crippen LogP contribution in [-0.2, 0) is 4.74 Å². The highest BCUT2D eigenvalue weighted by Crippen LogP contribution is 2.11. The minimum atomic E-state index is -1.23. The lowest BCUT2D eigenvalue weighted by Gasteiger charge is -2.17. The summed E-state index contributed by atoms with van der Waals surface area (Å²) in [6.07, 6.45) is -0.926. The quantitative estimate of drug-likeness (QED) is 0.534. The average Bonchev–Trinajstić information content (AvgIpc) is 1.86. The highest BCUT2D eigenvalue weighted by molar-refractivity contribution is 6.17. The van der Waals surface area contributed by atoms with Gasteiger partial charge in [-0.05, 0) is 12.3 Å². The fourth-order valence-electron chi connectivity index (χ4n) is 0.765. The van der Waals surface area contributed by atoms with Crippen LogP contribution in [0.1, 0.15) is 20.3 Å². The number of carbonyl (C=O) groups is 1. The van der Waals surface area contributed by atoms with Crippen molar-refractivity contribution in [3.05, 3.63) is 0 Å². The van der Waals surface area contributed by atoms with Crippen LogP contribution in [0.5, 0.6) is 0 Å². The van der Waals surface area contributed by atoms with Crippen molar-refractivity contribution in [1.29, 1.82) is 0 Å². The van der Waals surface area contributed by atoms with Crippen LogP contribution >= 0.6 is 11.6 Å². The fourth-order valence-corrected chi connectivity index (χ4v) is 0.980. The standard InChI is InChI=1S/C7H13ClO3/c1-5(2)6(3-4-8)11-7(9)10/h5-6H,3-4H2,1-2H3,(H,9,10). The molecule has 0 fully saturated rings. The maximum Gasteiger partial charge on any atom is 0.506 e. The van der Waals surface area contributed by atoms with Crippen molar-refractivity contribution < 1.29 is 14.6 Å². The molecule has 0 aliphatic carbocycles. The molecule has 0 radical (unpaired) electrons. The third-order valence-electron chi connectivity index (χ3n) is 1.39. The molecular formula is C7H13ClO3. The molecule has 11 heavy (non-hydrogen) atoms. The highest BCUT2D eigenvalue weighted by Gasteiger charge is 2.16. The minimum Gasteiger partial charge on any atom is -0.450 e. The zero-order valence-corrected chi connectivity index (χ0v) is 7.47. The van der Waals surface area contributed by atoms with Crippen LogP contribution in [0.15, 0.2) is 0 Å². The van der Waals surface area contributed by atoms with Gasteiger partial charge in [-0.15, -0.1) is 11.6 Å². The number of hydrogen-bond donors (Lipinski definition) is 1. The van der Waals surface area contributed by atoms with E-state index in [2.05, 4.69) is 4.74 Å². The first-order chi connectivity index (χ1) is 5.07. The van der Waals surface area contributed by atoms with E-state index in [1.807, 2.05) is 13.8 Å². The lowest BCUT2D eigenvalue weighted by atomic mass is 10.1. The topological polar surface area (TPSA) is 46.5 Å². The SMILES string of the molecule is CC(C)C(CCCl)OC(=O)O. The molecule has 0 aliphatic heterocycles. The lowest BCUT2D eigenvalue weighted by molar-refractivity contribution is 0.0305. The third kappa shape index (κ3) is 4.90. The Morgan fingerprint density at radius 1 is 1.64 bits per heavy atom. The Balaban J connectivity index is 3.79. The average molecular weight is 181 g/mol. The van der Waals surface area contributed by atoms with Gasteiger partial charge in [-0.2, -0.15) is 0 Å². The molecular weight excluding hydrogens is 168 g/mol. The monoisotopic (exact) mass is 180 g/mol. The molecule has 0 saturated heterocycles. The van der Waals surface area contributed by atoms with E-state index in [0.717, 1.165) is 0 Å². The molecule has 0 spiro atoms. The zero-order chi connectivity index (χ0) is 8.85. The fraction of sp³-hybridized carbons (Fsp3) is 0.857. The van der Waals surface area contributed by atoms with Crippen molar-refractivity contribution in [2.45, 2.75) is 26.4 Å². The Labute approximate surface area is 71.3 Å². The maximum absolute atomic E-state index is 10.1. The molecule has 0 aliphatic rings. The minimum absolute atomic E-state index is 0.185. The van der Waals surface area contributed by atoms with Crippen molar-refractivity contribution in [2.24, 2.45) is 5.92 Å². The molecule has 0 amide bonds. The van der Waals surface area contributed by atoms with Crippen LogP contribution < -0.4 is 0 Å². The van der Waals surface area contributed by atoms with Gasteiger partial charge in [0.05, 0.1) is 0 Å². The zero-order valence-electron chi connectivity index (χ0n) is 6.71. The van der Waals surface area contributed by atoms with E-state index in [-0.39, 0.29) is 12.0 Å². The van der Waals surface area contributed by atoms with Gasteiger partial charge in [0.15, 0.2) is 0 Å². The molecule has 0 aromatic rings. The number of carboxylic acid groups (broad SMARTS) is 1. The maximum atomic E-state index is 10.1. The Morgan fingerprint density at radius 2 is 2.18 bits per heavy atom. The number of alkyl halides is 1. The normalized spacial score (nSPS) is 13.1. The lowest BCUT2D eigenvalue weighted by Crippen LogP contribution is -2.23. The van der Waals surface area contributed by atoms with Crippen LogP contribution in [0.2, 0.25) is 0 Å². The Bertz CT molecular complexity index is 125. The van der Waals surface area contributed by atoms with Gasteiger partial charge in [0.25, 0.3) is 0 Å². The Morgan fingerprint density at radius 3 is 2.45 bits per heavy atom. The van der Waals surface area contributed by atoms with E-state index in [9.17, 15) is 4.79 Å². The van der Waals surface area contributed by atoms with Gasteiger partial charge >= 0.3 is 6.16 Å². The summed E-state index contributed by atoms with van der Waals surface area (Å²) in [5.74, 6) is 0.612. The summed E-state index contributed by atoms with van der Waals surface area (Å²) < 4.78 is 4.58. The van der Waals surface area contributed by atoms with Gasteiger partial charge in [-0.1, -0.05) is 13.8 Å². The van der Waals surface area contributed by atoms with Crippen LogP contribution in [-0.4, -0.2) is 23.2 Å². The van der Waals surface area contributed by atoms with E-state index >= 15 is 0 Å². The predicted octanol–water partition coefficient (Wildman–Crippen LogP) is 2.33. The van der Waals surface area contributed by atoms with Crippen molar-refractivity contribution in [3.63, 3.8) is 0 Å². The molecule has 3 nitrogen and oxygen atoms in total. The summed E-state index contributed by atoms with van der Waals surface area (Å²) in [5, 5.41) is 8.29. The summed E-state index contributed by atoms with van der Waals surface area (Å²) in [7, 11) is 0. The number of halogens is 1. The van der Waals surface area contributed by atoms with Gasteiger partial charge in [0.2, 0.25) is 0 Å². The predicted molar refractivity (Wildman–Crippen MR) is 43.1 cm³/mol. The van der Waals surface area contributed by atoms with Crippen LogP contribution in [0.4, 0.5) is 4.79 Å². The van der Waals surface area contributed by atoms with Crippen molar-refractivity contribution in [1.82, 2.24) is 0 Å². The molecule has 0 heterocycles. The first-order valence-corrected chi connectivity index (χ1v) is 4.07. The summed E-state index contributed by atoms with van der Waals surface area (Å²) >= 11 is 5.45. The largest absolute Gasteiger partial charge is 0.506 e.